The predicted molar refractivity (Wildman–Crippen MR) is 79.1 cm³/mol. The molecule has 1 amide bonds. The largest absolute Gasteiger partial charge is 0.382 e. The zero-order valence-corrected chi connectivity index (χ0v) is 11.7. The van der Waals surface area contributed by atoms with Gasteiger partial charge in [-0.15, -0.1) is 0 Å². The fraction of sp³-hybridized carbons (Fsp3) is 0.375. The number of nitrogens with zero attached hydrogens (tertiary/aromatic N) is 1. The summed E-state index contributed by atoms with van der Waals surface area (Å²) in [6.07, 6.45) is 6.80. The molecule has 0 saturated carbocycles. The Bertz CT molecular complexity index is 577. The SMILES string of the molecule is N#Cc1c(F)cccc1NCCNC(=O)C[C@H]1C=CCC1. The van der Waals surface area contributed by atoms with Crippen LogP contribution in [0, 0.1) is 23.1 Å². The number of carbonyl (C=O) groups is 1. The molecule has 1 aromatic rings. The second-order valence-electron chi connectivity index (χ2n) is 5.02. The maximum Gasteiger partial charge on any atom is 0.220 e. The van der Waals surface area contributed by atoms with Gasteiger partial charge >= 0.3 is 0 Å². The van der Waals surface area contributed by atoms with E-state index in [1.807, 2.05) is 6.07 Å². The van der Waals surface area contributed by atoms with Crippen LogP contribution >= 0.6 is 0 Å². The molecule has 2 rings (SSSR count). The lowest BCUT2D eigenvalue weighted by Crippen LogP contribution is -2.29. The smallest absolute Gasteiger partial charge is 0.220 e. The van der Waals surface area contributed by atoms with Gasteiger partial charge in [0, 0.05) is 19.5 Å². The minimum absolute atomic E-state index is 0.0000747. The van der Waals surface area contributed by atoms with Crippen LogP contribution < -0.4 is 10.6 Å². The summed E-state index contributed by atoms with van der Waals surface area (Å²) < 4.78 is 13.4. The number of hydrogen-bond donors (Lipinski definition) is 2. The van der Waals surface area contributed by atoms with Crippen LogP contribution in [-0.2, 0) is 4.79 Å². The Kier molecular flexibility index (Phi) is 5.33. The summed E-state index contributed by atoms with van der Waals surface area (Å²) in [6, 6.07) is 6.27. The lowest BCUT2D eigenvalue weighted by Gasteiger charge is -2.11. The topological polar surface area (TPSA) is 64.9 Å². The molecule has 0 aromatic heterocycles. The summed E-state index contributed by atoms with van der Waals surface area (Å²) in [5, 5.41) is 14.7. The van der Waals surface area contributed by atoms with Crippen molar-refractivity contribution in [3.05, 3.63) is 41.7 Å². The van der Waals surface area contributed by atoms with E-state index in [-0.39, 0.29) is 11.5 Å². The molecule has 21 heavy (non-hydrogen) atoms. The average molecular weight is 287 g/mol. The first-order valence-electron chi connectivity index (χ1n) is 7.06. The van der Waals surface area contributed by atoms with Crippen molar-refractivity contribution in [3.8, 4) is 6.07 Å². The summed E-state index contributed by atoms with van der Waals surface area (Å²) in [4.78, 5) is 11.7. The molecule has 0 radical (unpaired) electrons. The zero-order chi connectivity index (χ0) is 15.1. The van der Waals surface area contributed by atoms with E-state index < -0.39 is 5.82 Å². The van der Waals surface area contributed by atoms with Gasteiger partial charge in [0.1, 0.15) is 17.4 Å². The molecule has 110 valence electrons. The van der Waals surface area contributed by atoms with E-state index in [1.165, 1.54) is 6.07 Å². The Morgan fingerprint density at radius 1 is 1.43 bits per heavy atom. The minimum Gasteiger partial charge on any atom is -0.382 e. The molecule has 1 aliphatic rings. The number of carbonyl (C=O) groups excluding carboxylic acids is 1. The van der Waals surface area contributed by atoms with E-state index >= 15 is 0 Å². The molecule has 0 saturated heterocycles. The number of hydrogen-bond acceptors (Lipinski definition) is 3. The lowest BCUT2D eigenvalue weighted by molar-refractivity contribution is -0.121. The Balaban J connectivity index is 1.72. The van der Waals surface area contributed by atoms with Crippen molar-refractivity contribution in [2.75, 3.05) is 18.4 Å². The molecule has 1 atom stereocenters. The number of halogens is 1. The van der Waals surface area contributed by atoms with E-state index in [4.69, 9.17) is 5.26 Å². The quantitative estimate of drug-likeness (QED) is 0.624. The molecule has 1 aromatic carbocycles. The summed E-state index contributed by atoms with van der Waals surface area (Å²) in [5.41, 5.74) is 0.449. The van der Waals surface area contributed by atoms with Crippen LogP contribution in [0.25, 0.3) is 0 Å². The van der Waals surface area contributed by atoms with Gasteiger partial charge in [0.05, 0.1) is 5.69 Å². The van der Waals surface area contributed by atoms with Crippen LogP contribution in [0.5, 0.6) is 0 Å². The average Bonchev–Trinajstić information content (AvgIpc) is 2.96. The van der Waals surface area contributed by atoms with Gasteiger partial charge < -0.3 is 10.6 Å². The van der Waals surface area contributed by atoms with Gasteiger partial charge in [-0.2, -0.15) is 5.26 Å². The van der Waals surface area contributed by atoms with Crippen LogP contribution in [0.4, 0.5) is 10.1 Å². The third-order valence-electron chi connectivity index (χ3n) is 3.45. The maximum atomic E-state index is 13.4. The first kappa shape index (κ1) is 15.0. The maximum absolute atomic E-state index is 13.4. The molecule has 0 unspecified atom stereocenters. The summed E-state index contributed by atoms with van der Waals surface area (Å²) in [6.45, 7) is 0.890. The normalized spacial score (nSPS) is 16.5. The van der Waals surface area contributed by atoms with E-state index in [1.54, 1.807) is 12.1 Å². The van der Waals surface area contributed by atoms with Crippen molar-refractivity contribution < 1.29 is 9.18 Å². The van der Waals surface area contributed by atoms with Crippen LogP contribution in [0.3, 0.4) is 0 Å². The summed E-state index contributed by atoms with van der Waals surface area (Å²) in [5.74, 6) is -0.168. The van der Waals surface area contributed by atoms with Crippen molar-refractivity contribution in [3.63, 3.8) is 0 Å². The van der Waals surface area contributed by atoms with Crippen LogP contribution in [-0.4, -0.2) is 19.0 Å². The monoisotopic (exact) mass is 287 g/mol. The highest BCUT2D eigenvalue weighted by molar-refractivity contribution is 5.76. The van der Waals surface area contributed by atoms with Crippen molar-refractivity contribution >= 4 is 11.6 Å². The molecular weight excluding hydrogens is 269 g/mol. The number of allylic oxidation sites excluding steroid dienone is 2. The second kappa shape index (κ2) is 7.44. The third-order valence-corrected chi connectivity index (χ3v) is 3.45. The third kappa shape index (κ3) is 4.32. The number of nitrogens with one attached hydrogen (secondary N) is 2. The van der Waals surface area contributed by atoms with Gasteiger partial charge in [0.25, 0.3) is 0 Å². The van der Waals surface area contributed by atoms with Crippen molar-refractivity contribution in [2.45, 2.75) is 19.3 Å². The Hall–Kier alpha value is -2.35. The van der Waals surface area contributed by atoms with Gasteiger partial charge in [0.15, 0.2) is 0 Å². The van der Waals surface area contributed by atoms with Crippen molar-refractivity contribution in [1.29, 1.82) is 5.26 Å². The second-order valence-corrected chi connectivity index (χ2v) is 5.02. The Morgan fingerprint density at radius 2 is 2.29 bits per heavy atom. The molecule has 5 heteroatoms. The van der Waals surface area contributed by atoms with E-state index in [0.29, 0.717) is 31.1 Å². The first-order chi connectivity index (χ1) is 10.2. The van der Waals surface area contributed by atoms with Gasteiger partial charge in [-0.3, -0.25) is 4.79 Å². The van der Waals surface area contributed by atoms with Crippen molar-refractivity contribution in [1.82, 2.24) is 5.32 Å². The van der Waals surface area contributed by atoms with Gasteiger partial charge in [-0.05, 0) is 30.9 Å². The molecule has 0 bridgehead atoms. The molecule has 0 spiro atoms. The van der Waals surface area contributed by atoms with Crippen LogP contribution in [0.1, 0.15) is 24.8 Å². The highest BCUT2D eigenvalue weighted by Crippen LogP contribution is 2.20. The molecule has 0 heterocycles. The molecule has 2 N–H and O–H groups in total. The molecule has 1 aliphatic carbocycles. The van der Waals surface area contributed by atoms with Crippen LogP contribution in [0.2, 0.25) is 0 Å². The van der Waals surface area contributed by atoms with Gasteiger partial charge in [-0.1, -0.05) is 18.2 Å². The van der Waals surface area contributed by atoms with Crippen LogP contribution in [0.15, 0.2) is 30.4 Å². The summed E-state index contributed by atoms with van der Waals surface area (Å²) in [7, 11) is 0. The zero-order valence-electron chi connectivity index (χ0n) is 11.7. The molecule has 0 fully saturated rings. The number of anilines is 1. The van der Waals surface area contributed by atoms with Gasteiger partial charge in [0.2, 0.25) is 5.91 Å². The number of rotatable bonds is 6. The predicted octanol–water partition coefficient (Wildman–Crippen LogP) is 2.58. The van der Waals surface area contributed by atoms with Gasteiger partial charge in [-0.25, -0.2) is 4.39 Å². The highest BCUT2D eigenvalue weighted by Gasteiger charge is 2.13. The number of amides is 1. The molecule has 4 nitrogen and oxygen atoms in total. The fourth-order valence-electron chi connectivity index (χ4n) is 2.36. The van der Waals surface area contributed by atoms with Crippen molar-refractivity contribution in [2.24, 2.45) is 5.92 Å². The first-order valence-corrected chi connectivity index (χ1v) is 7.06. The molecule has 0 aliphatic heterocycles. The minimum atomic E-state index is -0.542. The summed E-state index contributed by atoms with van der Waals surface area (Å²) >= 11 is 0. The van der Waals surface area contributed by atoms with E-state index in [9.17, 15) is 9.18 Å². The number of nitriles is 1. The van der Waals surface area contributed by atoms with E-state index in [2.05, 4.69) is 22.8 Å². The highest BCUT2D eigenvalue weighted by atomic mass is 19.1. The standard InChI is InChI=1S/C16H18FN3O/c17-14-6-3-7-15(13(14)11-18)19-8-9-20-16(21)10-12-4-1-2-5-12/h1,3-4,6-7,12,19H,2,5,8-10H2,(H,20,21)/t12-/m0/s1. The lowest BCUT2D eigenvalue weighted by atomic mass is 10.1. The van der Waals surface area contributed by atoms with E-state index in [0.717, 1.165) is 12.8 Å². The molecular formula is C16H18FN3O. The number of benzene rings is 1. The fourth-order valence-corrected chi connectivity index (χ4v) is 2.36. The Morgan fingerprint density at radius 3 is 3.00 bits per heavy atom. The Labute approximate surface area is 123 Å².